The SMILES string of the molecule is COc1ccc([C@@H]2C(C(=O)Nc3ncccc3C)=C(C)NC3=C2C(=O)CCC3)cc1COc1ccc(Cl)cc1. The number of benzene rings is 2. The number of ketones is 1. The molecule has 3 aromatic rings. The number of hydrogen-bond donors (Lipinski definition) is 2. The maximum absolute atomic E-state index is 13.8. The van der Waals surface area contributed by atoms with Gasteiger partial charge in [-0.15, -0.1) is 0 Å². The van der Waals surface area contributed by atoms with Gasteiger partial charge in [0.2, 0.25) is 0 Å². The number of aryl methyl sites for hydroxylation is 1. The number of aromatic nitrogens is 1. The number of methoxy groups -OCH3 is 1. The molecule has 0 saturated carbocycles. The fourth-order valence-corrected chi connectivity index (χ4v) is 5.32. The minimum Gasteiger partial charge on any atom is -0.496 e. The van der Waals surface area contributed by atoms with Gasteiger partial charge < -0.3 is 20.1 Å². The number of amides is 1. The normalized spacial score (nSPS) is 16.9. The lowest BCUT2D eigenvalue weighted by molar-refractivity contribution is -0.116. The van der Waals surface area contributed by atoms with Crippen LogP contribution in [0.15, 0.2) is 83.3 Å². The first kappa shape index (κ1) is 26.5. The molecule has 2 aromatic carbocycles. The van der Waals surface area contributed by atoms with E-state index in [4.69, 9.17) is 21.1 Å². The largest absolute Gasteiger partial charge is 0.496 e. The number of pyridine rings is 1. The highest BCUT2D eigenvalue weighted by Gasteiger charge is 2.38. The molecule has 1 aromatic heterocycles. The number of rotatable bonds is 7. The predicted octanol–water partition coefficient (Wildman–Crippen LogP) is 6.24. The summed E-state index contributed by atoms with van der Waals surface area (Å²) in [4.78, 5) is 31.5. The number of Topliss-reactive ketones (excluding diaryl/α,β-unsaturated/α-hetero) is 1. The number of carbonyl (C=O) groups is 2. The van der Waals surface area contributed by atoms with Gasteiger partial charge in [0.25, 0.3) is 5.91 Å². The average Bonchev–Trinajstić information content (AvgIpc) is 2.93. The second kappa shape index (κ2) is 11.3. The van der Waals surface area contributed by atoms with Crippen LogP contribution in [0.25, 0.3) is 0 Å². The quantitative estimate of drug-likeness (QED) is 0.367. The number of carbonyl (C=O) groups excluding carboxylic acids is 2. The molecular formula is C31H30ClN3O4. The van der Waals surface area contributed by atoms with E-state index in [-0.39, 0.29) is 18.3 Å². The molecule has 0 bridgehead atoms. The molecule has 1 aliphatic heterocycles. The van der Waals surface area contributed by atoms with E-state index in [2.05, 4.69) is 15.6 Å². The number of hydrogen-bond acceptors (Lipinski definition) is 6. The summed E-state index contributed by atoms with van der Waals surface area (Å²) in [6.07, 6.45) is 3.63. The predicted molar refractivity (Wildman–Crippen MR) is 151 cm³/mol. The van der Waals surface area contributed by atoms with Crippen molar-refractivity contribution in [2.24, 2.45) is 0 Å². The van der Waals surface area contributed by atoms with Gasteiger partial charge in [0, 0.05) is 51.7 Å². The van der Waals surface area contributed by atoms with Crippen LogP contribution in [-0.4, -0.2) is 23.8 Å². The summed E-state index contributed by atoms with van der Waals surface area (Å²) in [6, 6.07) is 16.6. The number of nitrogens with zero attached hydrogens (tertiary/aromatic N) is 1. The van der Waals surface area contributed by atoms with Gasteiger partial charge in [-0.3, -0.25) is 9.59 Å². The smallest absolute Gasteiger partial charge is 0.255 e. The molecule has 1 aliphatic carbocycles. The summed E-state index contributed by atoms with van der Waals surface area (Å²) in [5.41, 5.74) is 5.20. The van der Waals surface area contributed by atoms with Crippen LogP contribution in [0.1, 0.15) is 48.8 Å². The second-order valence-electron chi connectivity index (χ2n) is 9.70. The Morgan fingerprint density at radius 1 is 1.13 bits per heavy atom. The van der Waals surface area contributed by atoms with Gasteiger partial charge in [-0.05, 0) is 80.3 Å². The molecule has 39 heavy (non-hydrogen) atoms. The lowest BCUT2D eigenvalue weighted by Gasteiger charge is -2.34. The van der Waals surface area contributed by atoms with E-state index in [1.165, 1.54) is 0 Å². The Balaban J connectivity index is 1.55. The van der Waals surface area contributed by atoms with Crippen LogP contribution >= 0.6 is 11.6 Å². The zero-order chi connectivity index (χ0) is 27.5. The van der Waals surface area contributed by atoms with Crippen molar-refractivity contribution in [1.82, 2.24) is 10.3 Å². The Morgan fingerprint density at radius 3 is 2.67 bits per heavy atom. The van der Waals surface area contributed by atoms with Crippen LogP contribution in [0.3, 0.4) is 0 Å². The Hall–Kier alpha value is -4.10. The summed E-state index contributed by atoms with van der Waals surface area (Å²) in [7, 11) is 1.61. The first-order valence-electron chi connectivity index (χ1n) is 12.9. The number of dihydropyridines is 1. The van der Waals surface area contributed by atoms with Crippen molar-refractivity contribution in [2.75, 3.05) is 12.4 Å². The average molecular weight is 544 g/mol. The molecule has 8 heteroatoms. The summed E-state index contributed by atoms with van der Waals surface area (Å²) in [5, 5.41) is 6.96. The van der Waals surface area contributed by atoms with Crippen LogP contribution < -0.4 is 20.1 Å². The molecule has 2 aliphatic rings. The fourth-order valence-electron chi connectivity index (χ4n) is 5.19. The molecule has 0 unspecified atom stereocenters. The Kier molecular flexibility index (Phi) is 7.70. The zero-order valence-corrected chi connectivity index (χ0v) is 22.9. The molecule has 2 heterocycles. The van der Waals surface area contributed by atoms with Gasteiger partial charge in [-0.25, -0.2) is 4.98 Å². The van der Waals surface area contributed by atoms with Gasteiger partial charge in [0.15, 0.2) is 5.78 Å². The van der Waals surface area contributed by atoms with Crippen molar-refractivity contribution in [3.05, 3.63) is 105 Å². The topological polar surface area (TPSA) is 89.5 Å². The highest BCUT2D eigenvalue weighted by molar-refractivity contribution is 6.30. The summed E-state index contributed by atoms with van der Waals surface area (Å²) >= 11 is 6.01. The molecular weight excluding hydrogens is 514 g/mol. The van der Waals surface area contributed by atoms with E-state index in [0.717, 1.165) is 35.2 Å². The van der Waals surface area contributed by atoms with E-state index in [1.54, 1.807) is 37.6 Å². The number of nitrogens with one attached hydrogen (secondary N) is 2. The molecule has 0 saturated heterocycles. The van der Waals surface area contributed by atoms with Gasteiger partial charge in [-0.2, -0.15) is 0 Å². The van der Waals surface area contributed by atoms with Crippen LogP contribution in [0, 0.1) is 6.92 Å². The highest BCUT2D eigenvalue weighted by Crippen LogP contribution is 2.43. The fraction of sp³-hybridized carbons (Fsp3) is 0.258. The van der Waals surface area contributed by atoms with Crippen molar-refractivity contribution in [1.29, 1.82) is 0 Å². The molecule has 1 amide bonds. The van der Waals surface area contributed by atoms with Crippen molar-refractivity contribution in [2.45, 2.75) is 45.6 Å². The van der Waals surface area contributed by atoms with Crippen LogP contribution in [0.2, 0.25) is 5.02 Å². The third-order valence-electron chi connectivity index (χ3n) is 7.11. The minimum absolute atomic E-state index is 0.0512. The third kappa shape index (κ3) is 5.54. The van der Waals surface area contributed by atoms with E-state index >= 15 is 0 Å². The lowest BCUT2D eigenvalue weighted by atomic mass is 9.74. The highest BCUT2D eigenvalue weighted by atomic mass is 35.5. The molecule has 7 nitrogen and oxygen atoms in total. The van der Waals surface area contributed by atoms with Crippen molar-refractivity contribution >= 4 is 29.1 Å². The molecule has 2 N–H and O–H groups in total. The van der Waals surface area contributed by atoms with Gasteiger partial charge in [-0.1, -0.05) is 23.7 Å². The first-order chi connectivity index (χ1) is 18.9. The molecule has 5 rings (SSSR count). The molecule has 0 spiro atoms. The van der Waals surface area contributed by atoms with Crippen molar-refractivity contribution in [3.8, 4) is 11.5 Å². The molecule has 1 atom stereocenters. The summed E-state index contributed by atoms with van der Waals surface area (Å²) in [6.45, 7) is 4.01. The van der Waals surface area contributed by atoms with Gasteiger partial charge >= 0.3 is 0 Å². The minimum atomic E-state index is -0.543. The number of ether oxygens (including phenoxy) is 2. The third-order valence-corrected chi connectivity index (χ3v) is 7.36. The second-order valence-corrected chi connectivity index (χ2v) is 10.1. The summed E-state index contributed by atoms with van der Waals surface area (Å²) in [5.74, 6) is 1.02. The van der Waals surface area contributed by atoms with Crippen molar-refractivity contribution < 1.29 is 19.1 Å². The summed E-state index contributed by atoms with van der Waals surface area (Å²) < 4.78 is 11.6. The molecule has 0 radical (unpaired) electrons. The standard InChI is InChI=1S/C31H30ClN3O4/c1-18-6-5-15-33-30(18)35-31(37)27-19(2)34-24-7-4-8-25(36)29(24)28(27)20-9-14-26(38-3)21(16-20)17-39-23-12-10-22(32)11-13-23/h5-6,9-16,28,34H,4,7-8,17H2,1-3H3,(H,33,35,37)/t28-/m1/s1. The monoisotopic (exact) mass is 543 g/mol. The lowest BCUT2D eigenvalue weighted by Crippen LogP contribution is -2.35. The number of anilines is 1. The van der Waals surface area contributed by atoms with Crippen molar-refractivity contribution in [3.63, 3.8) is 0 Å². The van der Waals surface area contributed by atoms with E-state index in [0.29, 0.717) is 45.6 Å². The maximum atomic E-state index is 13.8. The van der Waals surface area contributed by atoms with Gasteiger partial charge in [0.1, 0.15) is 23.9 Å². The Labute approximate surface area is 232 Å². The maximum Gasteiger partial charge on any atom is 0.255 e. The van der Waals surface area contributed by atoms with Crippen LogP contribution in [-0.2, 0) is 16.2 Å². The zero-order valence-electron chi connectivity index (χ0n) is 22.1. The molecule has 0 fully saturated rings. The van der Waals surface area contributed by atoms with Gasteiger partial charge in [0.05, 0.1) is 7.11 Å². The van der Waals surface area contributed by atoms with E-state index in [1.807, 2.05) is 44.2 Å². The van der Waals surface area contributed by atoms with E-state index < -0.39 is 5.92 Å². The van der Waals surface area contributed by atoms with E-state index in [9.17, 15) is 9.59 Å². The Bertz CT molecular complexity index is 1490. The first-order valence-corrected chi connectivity index (χ1v) is 13.3. The molecule has 200 valence electrons. The van der Waals surface area contributed by atoms with Crippen LogP contribution in [0.5, 0.6) is 11.5 Å². The van der Waals surface area contributed by atoms with Crippen LogP contribution in [0.4, 0.5) is 5.82 Å². The number of halogens is 1. The number of allylic oxidation sites excluding steroid dienone is 3. The Morgan fingerprint density at radius 2 is 1.92 bits per heavy atom.